The number of hydrogen-bond acceptors (Lipinski definition) is 6. The topological polar surface area (TPSA) is 95.0 Å². The molecule has 0 saturated carbocycles. The summed E-state index contributed by atoms with van der Waals surface area (Å²) in [6.45, 7) is 1.76. The molecule has 2 aromatic carbocycles. The molecule has 0 aliphatic carbocycles. The fourth-order valence-electron chi connectivity index (χ4n) is 2.99. The predicted molar refractivity (Wildman–Crippen MR) is 115 cm³/mol. The van der Waals surface area contributed by atoms with Crippen LogP contribution in [0.4, 0.5) is 10.1 Å². The van der Waals surface area contributed by atoms with Gasteiger partial charge in [-0.05, 0) is 43.3 Å². The number of carbonyl (C=O) groups is 1. The van der Waals surface area contributed by atoms with Crippen molar-refractivity contribution < 1.29 is 13.6 Å². The summed E-state index contributed by atoms with van der Waals surface area (Å²) in [5, 5.41) is 10.7. The molecule has 4 rings (SSSR count). The summed E-state index contributed by atoms with van der Waals surface area (Å²) in [5.74, 6) is -0.536. The van der Waals surface area contributed by atoms with Gasteiger partial charge in [-0.1, -0.05) is 30.0 Å². The van der Waals surface area contributed by atoms with Gasteiger partial charge in [-0.15, -0.1) is 10.2 Å². The number of hydrogen-bond donors (Lipinski definition) is 1. The molecule has 0 unspecified atom stereocenters. The predicted octanol–water partition coefficient (Wildman–Crippen LogP) is 3.40. The van der Waals surface area contributed by atoms with Gasteiger partial charge in [-0.25, -0.2) is 9.07 Å². The Balaban J connectivity index is 1.44. The van der Waals surface area contributed by atoms with Crippen LogP contribution in [0.2, 0.25) is 0 Å². The standard InChI is InChI=1S/C21H18FN5O3S/c1-13-18(20(29)27(26(13)2)16-6-4-3-5-7-16)23-17(28)12-31-21-25-24-19(30-21)14-8-10-15(22)11-9-14/h3-11H,12H2,1-2H3,(H,23,28). The molecule has 158 valence electrons. The van der Waals surface area contributed by atoms with Crippen molar-refractivity contribution in [1.82, 2.24) is 19.6 Å². The first-order chi connectivity index (χ1) is 14.9. The molecule has 0 fully saturated rings. The van der Waals surface area contributed by atoms with Gasteiger partial charge in [0.1, 0.15) is 11.5 Å². The summed E-state index contributed by atoms with van der Waals surface area (Å²) in [6, 6.07) is 14.8. The lowest BCUT2D eigenvalue weighted by Crippen LogP contribution is -2.23. The number of para-hydroxylation sites is 1. The average molecular weight is 439 g/mol. The molecule has 1 amide bonds. The molecule has 0 saturated heterocycles. The van der Waals surface area contributed by atoms with E-state index in [1.807, 2.05) is 30.3 Å². The molecule has 10 heteroatoms. The fraction of sp³-hybridized carbons (Fsp3) is 0.143. The summed E-state index contributed by atoms with van der Waals surface area (Å²) >= 11 is 1.04. The Labute approximate surface area is 180 Å². The van der Waals surface area contributed by atoms with Crippen LogP contribution in [0.5, 0.6) is 0 Å². The third-order valence-corrected chi connectivity index (χ3v) is 5.46. The summed E-state index contributed by atoms with van der Waals surface area (Å²) in [7, 11) is 1.75. The van der Waals surface area contributed by atoms with Crippen LogP contribution in [0.25, 0.3) is 17.1 Å². The Kier molecular flexibility index (Phi) is 5.72. The van der Waals surface area contributed by atoms with Crippen LogP contribution in [0.1, 0.15) is 5.69 Å². The molecule has 0 atom stereocenters. The average Bonchev–Trinajstić information content (AvgIpc) is 3.33. The summed E-state index contributed by atoms with van der Waals surface area (Å²) in [4.78, 5) is 25.3. The number of aromatic nitrogens is 4. The van der Waals surface area contributed by atoms with E-state index in [4.69, 9.17) is 4.42 Å². The Morgan fingerprint density at radius 1 is 1.13 bits per heavy atom. The molecule has 2 heterocycles. The number of carbonyl (C=O) groups excluding carboxylic acids is 1. The van der Waals surface area contributed by atoms with Gasteiger partial charge >= 0.3 is 0 Å². The van der Waals surface area contributed by atoms with Crippen LogP contribution in [0.15, 0.2) is 69.0 Å². The summed E-state index contributed by atoms with van der Waals surface area (Å²) < 4.78 is 21.7. The molecule has 0 spiro atoms. The minimum Gasteiger partial charge on any atom is -0.411 e. The maximum atomic E-state index is 13.0. The molecular formula is C21H18FN5O3S. The Hall–Kier alpha value is -3.66. The number of amides is 1. The molecular weight excluding hydrogens is 421 g/mol. The normalized spacial score (nSPS) is 10.9. The van der Waals surface area contributed by atoms with Gasteiger partial charge < -0.3 is 9.73 Å². The Morgan fingerprint density at radius 2 is 1.84 bits per heavy atom. The maximum absolute atomic E-state index is 13.0. The molecule has 31 heavy (non-hydrogen) atoms. The van der Waals surface area contributed by atoms with Gasteiger partial charge in [-0.3, -0.25) is 14.3 Å². The third kappa shape index (κ3) is 4.29. The lowest BCUT2D eigenvalue weighted by atomic mass is 10.2. The molecule has 0 radical (unpaired) electrons. The van der Waals surface area contributed by atoms with Crippen LogP contribution in [-0.2, 0) is 11.8 Å². The van der Waals surface area contributed by atoms with E-state index in [1.54, 1.807) is 18.7 Å². The largest absolute Gasteiger partial charge is 0.411 e. The van der Waals surface area contributed by atoms with Crippen LogP contribution in [0, 0.1) is 12.7 Å². The van der Waals surface area contributed by atoms with Crippen molar-refractivity contribution in [3.8, 4) is 17.1 Å². The maximum Gasteiger partial charge on any atom is 0.295 e. The monoisotopic (exact) mass is 439 g/mol. The van der Waals surface area contributed by atoms with E-state index in [9.17, 15) is 14.0 Å². The summed E-state index contributed by atoms with van der Waals surface area (Å²) in [6.07, 6.45) is 0. The Morgan fingerprint density at radius 3 is 2.55 bits per heavy atom. The van der Waals surface area contributed by atoms with Gasteiger partial charge in [0.25, 0.3) is 10.8 Å². The highest BCUT2D eigenvalue weighted by molar-refractivity contribution is 7.99. The number of rotatable bonds is 6. The zero-order valence-corrected chi connectivity index (χ0v) is 17.5. The van der Waals surface area contributed by atoms with Crippen molar-refractivity contribution in [2.45, 2.75) is 12.1 Å². The zero-order valence-electron chi connectivity index (χ0n) is 16.7. The van der Waals surface area contributed by atoms with E-state index in [1.165, 1.54) is 28.9 Å². The molecule has 1 N–H and O–H groups in total. The number of nitrogens with one attached hydrogen (secondary N) is 1. The van der Waals surface area contributed by atoms with Gasteiger partial charge in [-0.2, -0.15) is 0 Å². The first kappa shape index (κ1) is 20.6. The van der Waals surface area contributed by atoms with E-state index in [0.29, 0.717) is 16.9 Å². The van der Waals surface area contributed by atoms with Crippen LogP contribution in [-0.4, -0.2) is 31.2 Å². The lowest BCUT2D eigenvalue weighted by Gasteiger charge is -2.07. The van der Waals surface area contributed by atoms with Gasteiger partial charge in [0, 0.05) is 12.6 Å². The SMILES string of the molecule is Cc1c(NC(=O)CSc2nnc(-c3ccc(F)cc3)o2)c(=O)n(-c2ccccc2)n1C. The second-order valence-electron chi connectivity index (χ2n) is 6.65. The molecule has 0 aliphatic heterocycles. The molecule has 2 aromatic heterocycles. The van der Waals surface area contributed by atoms with Crippen molar-refractivity contribution in [2.24, 2.45) is 7.05 Å². The van der Waals surface area contributed by atoms with Crippen molar-refractivity contribution in [2.75, 3.05) is 11.1 Å². The van der Waals surface area contributed by atoms with Crippen molar-refractivity contribution >= 4 is 23.4 Å². The molecule has 4 aromatic rings. The smallest absolute Gasteiger partial charge is 0.295 e. The summed E-state index contributed by atoms with van der Waals surface area (Å²) in [5.41, 5.74) is 1.80. The van der Waals surface area contributed by atoms with Gasteiger partial charge in [0.05, 0.1) is 17.1 Å². The van der Waals surface area contributed by atoms with Crippen molar-refractivity contribution in [1.29, 1.82) is 0 Å². The van der Waals surface area contributed by atoms with Gasteiger partial charge in [0.2, 0.25) is 11.8 Å². The van der Waals surface area contributed by atoms with Crippen LogP contribution < -0.4 is 10.9 Å². The first-order valence-electron chi connectivity index (χ1n) is 9.30. The van der Waals surface area contributed by atoms with Crippen molar-refractivity contribution in [3.63, 3.8) is 0 Å². The minimum atomic E-state index is -0.377. The number of anilines is 1. The first-order valence-corrected chi connectivity index (χ1v) is 10.3. The minimum absolute atomic E-state index is 0.0236. The fourth-order valence-corrected chi connectivity index (χ4v) is 3.56. The van der Waals surface area contributed by atoms with E-state index in [2.05, 4.69) is 15.5 Å². The molecule has 8 nitrogen and oxygen atoms in total. The lowest BCUT2D eigenvalue weighted by molar-refractivity contribution is -0.113. The number of nitrogens with zero attached hydrogens (tertiary/aromatic N) is 4. The highest BCUT2D eigenvalue weighted by atomic mass is 32.2. The highest BCUT2D eigenvalue weighted by Gasteiger charge is 2.19. The number of benzene rings is 2. The van der Waals surface area contributed by atoms with Crippen molar-refractivity contribution in [3.05, 3.63) is 76.5 Å². The van der Waals surface area contributed by atoms with Gasteiger partial charge in [0.15, 0.2) is 0 Å². The van der Waals surface area contributed by atoms with Crippen LogP contribution in [0.3, 0.4) is 0 Å². The number of halogens is 1. The van der Waals surface area contributed by atoms with Crippen LogP contribution >= 0.6 is 11.8 Å². The zero-order chi connectivity index (χ0) is 22.0. The van der Waals surface area contributed by atoms with E-state index in [-0.39, 0.29) is 39.8 Å². The molecule has 0 bridgehead atoms. The van der Waals surface area contributed by atoms with E-state index >= 15 is 0 Å². The molecule has 0 aliphatic rings. The highest BCUT2D eigenvalue weighted by Crippen LogP contribution is 2.23. The Bertz CT molecular complexity index is 1280. The van der Waals surface area contributed by atoms with E-state index in [0.717, 1.165) is 11.8 Å². The second-order valence-corrected chi connectivity index (χ2v) is 7.58. The quantitative estimate of drug-likeness (QED) is 0.463. The third-order valence-electron chi connectivity index (χ3n) is 4.64. The second kappa shape index (κ2) is 8.60. The number of thioether (sulfide) groups is 1. The van der Waals surface area contributed by atoms with E-state index < -0.39 is 0 Å².